The van der Waals surface area contributed by atoms with Gasteiger partial charge in [-0.2, -0.15) is 0 Å². The summed E-state index contributed by atoms with van der Waals surface area (Å²) in [7, 11) is 1.96. The lowest BCUT2D eigenvalue weighted by Gasteiger charge is -2.43. The monoisotopic (exact) mass is 472 g/mol. The molecule has 0 spiro atoms. The number of allylic oxidation sites excluding steroid dienone is 3. The van der Waals surface area contributed by atoms with Gasteiger partial charge in [0.2, 0.25) is 11.8 Å². The number of nitrogens with one attached hydrogen (secondary N) is 1. The summed E-state index contributed by atoms with van der Waals surface area (Å²) in [5.41, 5.74) is 2.50. The van der Waals surface area contributed by atoms with E-state index in [1.165, 1.54) is 11.3 Å². The van der Waals surface area contributed by atoms with E-state index < -0.39 is 5.60 Å². The average Bonchev–Trinajstić information content (AvgIpc) is 3.27. The third-order valence-corrected chi connectivity index (χ3v) is 7.02. The van der Waals surface area contributed by atoms with Gasteiger partial charge in [0, 0.05) is 30.8 Å². The van der Waals surface area contributed by atoms with Crippen molar-refractivity contribution >= 4 is 11.6 Å². The molecular formula is C25H33ClN4O3. The van der Waals surface area contributed by atoms with Gasteiger partial charge in [-0.25, -0.2) is 4.98 Å². The summed E-state index contributed by atoms with van der Waals surface area (Å²) in [5.74, 6) is 2.32. The van der Waals surface area contributed by atoms with Crippen LogP contribution in [0.5, 0.6) is 5.88 Å². The maximum Gasteiger partial charge on any atom is 0.253 e. The fraction of sp³-hybridized carbons (Fsp3) is 0.560. The van der Waals surface area contributed by atoms with Gasteiger partial charge in [-0.05, 0) is 63.5 Å². The van der Waals surface area contributed by atoms with E-state index in [0.29, 0.717) is 46.7 Å². The molecule has 4 rings (SSSR count). The summed E-state index contributed by atoms with van der Waals surface area (Å²) >= 11 is 6.15. The van der Waals surface area contributed by atoms with Gasteiger partial charge in [-0.3, -0.25) is 0 Å². The molecule has 0 aromatic carbocycles. The number of hydrogen-bond donors (Lipinski definition) is 2. The van der Waals surface area contributed by atoms with Gasteiger partial charge in [0.05, 0.1) is 17.2 Å². The quantitative estimate of drug-likeness (QED) is 0.505. The zero-order valence-electron chi connectivity index (χ0n) is 19.6. The molecule has 2 atom stereocenters. The lowest BCUT2D eigenvalue weighted by molar-refractivity contribution is -0.0469. The van der Waals surface area contributed by atoms with Crippen LogP contribution < -0.4 is 10.1 Å². The van der Waals surface area contributed by atoms with Crippen molar-refractivity contribution in [1.29, 1.82) is 0 Å². The highest BCUT2D eigenvalue weighted by atomic mass is 35.5. The predicted octanol–water partition coefficient (Wildman–Crippen LogP) is 5.28. The summed E-state index contributed by atoms with van der Waals surface area (Å²) in [4.78, 5) is 4.26. The first-order chi connectivity index (χ1) is 15.8. The van der Waals surface area contributed by atoms with Gasteiger partial charge in [0.25, 0.3) is 5.89 Å². The summed E-state index contributed by atoms with van der Waals surface area (Å²) < 4.78 is 11.7. The number of halogens is 1. The van der Waals surface area contributed by atoms with Crippen molar-refractivity contribution in [3.63, 3.8) is 0 Å². The number of hydrogen-bond acceptors (Lipinski definition) is 7. The topological polar surface area (TPSA) is 93.3 Å². The Morgan fingerprint density at radius 2 is 2.15 bits per heavy atom. The molecule has 2 unspecified atom stereocenters. The highest BCUT2D eigenvalue weighted by Gasteiger charge is 2.41. The van der Waals surface area contributed by atoms with Crippen molar-refractivity contribution < 1.29 is 14.3 Å². The van der Waals surface area contributed by atoms with Gasteiger partial charge < -0.3 is 19.6 Å². The van der Waals surface area contributed by atoms with E-state index in [1.807, 2.05) is 27.0 Å². The molecule has 7 nitrogen and oxygen atoms in total. The largest absolute Gasteiger partial charge is 0.477 e. The second-order valence-electron chi connectivity index (χ2n) is 9.37. The highest BCUT2D eigenvalue weighted by molar-refractivity contribution is 6.30. The molecule has 0 amide bonds. The van der Waals surface area contributed by atoms with Crippen LogP contribution in [0.1, 0.15) is 64.2 Å². The fourth-order valence-corrected chi connectivity index (χ4v) is 5.48. The molecule has 2 aromatic heterocycles. The number of nitrogens with zero attached hydrogens (tertiary/aromatic N) is 3. The van der Waals surface area contributed by atoms with E-state index in [1.54, 1.807) is 12.3 Å². The van der Waals surface area contributed by atoms with Crippen molar-refractivity contribution in [2.75, 3.05) is 13.7 Å². The van der Waals surface area contributed by atoms with Crippen molar-refractivity contribution in [3.05, 3.63) is 47.1 Å². The van der Waals surface area contributed by atoms with Gasteiger partial charge in [0.15, 0.2) is 0 Å². The van der Waals surface area contributed by atoms with Crippen molar-refractivity contribution in [1.82, 2.24) is 20.5 Å². The van der Waals surface area contributed by atoms with Gasteiger partial charge in [0.1, 0.15) is 5.56 Å². The van der Waals surface area contributed by atoms with E-state index in [-0.39, 0.29) is 5.92 Å². The average molecular weight is 473 g/mol. The molecule has 0 radical (unpaired) electrons. The molecule has 0 saturated heterocycles. The first-order valence-electron chi connectivity index (χ1n) is 11.7. The maximum atomic E-state index is 10.2. The SMILES string of the molecule is C=C/C(=C(\NC)C1CC(C)(O)C1)C1CCCC(c2nnc(-c3cc(Cl)cnc3OCC)o2)C1. The van der Waals surface area contributed by atoms with Crippen LogP contribution in [0, 0.1) is 11.8 Å². The molecule has 0 bridgehead atoms. The van der Waals surface area contributed by atoms with Crippen LogP contribution in [0.15, 0.2) is 40.6 Å². The smallest absolute Gasteiger partial charge is 0.253 e. The predicted molar refractivity (Wildman–Crippen MR) is 128 cm³/mol. The molecule has 2 N–H and O–H groups in total. The first kappa shape index (κ1) is 23.8. The van der Waals surface area contributed by atoms with Gasteiger partial charge >= 0.3 is 0 Å². The lowest BCUT2D eigenvalue weighted by atomic mass is 9.68. The Kier molecular flexibility index (Phi) is 7.10. The minimum Gasteiger partial charge on any atom is -0.477 e. The molecule has 2 aliphatic carbocycles. The number of aromatic nitrogens is 3. The second-order valence-corrected chi connectivity index (χ2v) is 9.81. The molecule has 8 heteroatoms. The minimum atomic E-state index is -0.566. The maximum absolute atomic E-state index is 10.2. The molecule has 2 aliphatic rings. The van der Waals surface area contributed by atoms with Crippen LogP contribution in [0.2, 0.25) is 5.02 Å². The molecule has 178 valence electrons. The van der Waals surface area contributed by atoms with Gasteiger partial charge in [-0.15, -0.1) is 10.2 Å². The number of aliphatic hydroxyl groups is 1. The summed E-state index contributed by atoms with van der Waals surface area (Å²) in [6, 6.07) is 1.74. The zero-order valence-corrected chi connectivity index (χ0v) is 20.4. The molecule has 2 heterocycles. The third-order valence-electron chi connectivity index (χ3n) is 6.81. The van der Waals surface area contributed by atoms with Crippen molar-refractivity contribution in [2.24, 2.45) is 11.8 Å². The number of ether oxygens (including phenoxy) is 1. The summed E-state index contributed by atoms with van der Waals surface area (Å²) in [5, 5.41) is 22.8. The Bertz CT molecular complexity index is 1020. The highest BCUT2D eigenvalue weighted by Crippen LogP contribution is 2.46. The molecule has 0 aliphatic heterocycles. The number of rotatable bonds is 8. The second kappa shape index (κ2) is 9.85. The normalized spacial score (nSPS) is 28.0. The van der Waals surface area contributed by atoms with E-state index in [0.717, 1.165) is 38.5 Å². The minimum absolute atomic E-state index is 0.172. The Morgan fingerprint density at radius 1 is 1.36 bits per heavy atom. The molecule has 2 aromatic rings. The van der Waals surface area contributed by atoms with E-state index in [4.69, 9.17) is 20.8 Å². The van der Waals surface area contributed by atoms with Crippen LogP contribution in [-0.4, -0.2) is 39.5 Å². The fourth-order valence-electron chi connectivity index (χ4n) is 5.32. The summed E-state index contributed by atoms with van der Waals surface area (Å²) in [6.07, 6.45) is 9.18. The molecule has 2 saturated carbocycles. The van der Waals surface area contributed by atoms with Gasteiger partial charge in [-0.1, -0.05) is 30.7 Å². The van der Waals surface area contributed by atoms with Crippen molar-refractivity contribution in [3.8, 4) is 17.3 Å². The van der Waals surface area contributed by atoms with Crippen LogP contribution in [-0.2, 0) is 0 Å². The summed E-state index contributed by atoms with van der Waals surface area (Å²) in [6.45, 7) is 8.40. The van der Waals surface area contributed by atoms with E-state index in [2.05, 4.69) is 27.1 Å². The molecule has 33 heavy (non-hydrogen) atoms. The Balaban J connectivity index is 1.55. The molecular weight excluding hydrogens is 440 g/mol. The van der Waals surface area contributed by atoms with E-state index >= 15 is 0 Å². The van der Waals surface area contributed by atoms with E-state index in [9.17, 15) is 5.11 Å². The number of pyridine rings is 1. The Morgan fingerprint density at radius 3 is 2.82 bits per heavy atom. The van der Waals surface area contributed by atoms with Crippen LogP contribution >= 0.6 is 11.6 Å². The Hall–Kier alpha value is -2.38. The Labute approximate surface area is 200 Å². The van der Waals surface area contributed by atoms with Crippen LogP contribution in [0.3, 0.4) is 0 Å². The standard InChI is InChI=1S/C25H33ClN4O3/c1-5-19(21(27-4)17-12-25(3,31)13-17)15-8-7-9-16(10-15)22-29-30-24(33-22)20-11-18(26)14-28-23(20)32-6-2/h5,11,14-17,27,31H,1,6-10,12-13H2,2-4H3/b21-19+. The first-order valence-corrected chi connectivity index (χ1v) is 12.1. The van der Waals surface area contributed by atoms with Crippen LogP contribution in [0.4, 0.5) is 0 Å². The zero-order chi connectivity index (χ0) is 23.6. The van der Waals surface area contributed by atoms with Crippen molar-refractivity contribution in [2.45, 2.75) is 63.9 Å². The van der Waals surface area contributed by atoms with Crippen LogP contribution in [0.25, 0.3) is 11.5 Å². The lowest BCUT2D eigenvalue weighted by Crippen LogP contribution is -2.44. The third kappa shape index (κ3) is 5.09. The molecule has 2 fully saturated rings.